The fraction of sp³-hybridized carbons (Fsp3) is 0.214. The van der Waals surface area contributed by atoms with Crippen LogP contribution in [0.5, 0.6) is 0 Å². The smallest absolute Gasteiger partial charge is 0.134 e. The molecule has 16 heavy (non-hydrogen) atoms. The summed E-state index contributed by atoms with van der Waals surface area (Å²) in [6.45, 7) is 0. The van der Waals surface area contributed by atoms with E-state index in [4.69, 9.17) is 4.42 Å². The van der Waals surface area contributed by atoms with Gasteiger partial charge in [-0.1, -0.05) is 30.3 Å². The highest BCUT2D eigenvalue weighted by molar-refractivity contribution is 5.57. The van der Waals surface area contributed by atoms with Gasteiger partial charge in [0.05, 0.1) is 0 Å². The van der Waals surface area contributed by atoms with Crippen molar-refractivity contribution in [2.24, 2.45) is 0 Å². The van der Waals surface area contributed by atoms with Crippen LogP contribution in [-0.4, -0.2) is 6.29 Å². The Morgan fingerprint density at radius 3 is 2.62 bits per heavy atom. The third kappa shape index (κ3) is 2.60. The third-order valence-electron chi connectivity index (χ3n) is 2.47. The first-order valence-corrected chi connectivity index (χ1v) is 5.48. The molecule has 0 aliphatic heterocycles. The van der Waals surface area contributed by atoms with E-state index in [9.17, 15) is 4.79 Å². The highest BCUT2D eigenvalue weighted by Crippen LogP contribution is 2.22. The fourth-order valence-electron chi connectivity index (χ4n) is 1.63. The second-order valence-electron chi connectivity index (χ2n) is 3.69. The monoisotopic (exact) mass is 214 g/mol. The summed E-state index contributed by atoms with van der Waals surface area (Å²) in [5.74, 6) is 1.84. The quantitative estimate of drug-likeness (QED) is 0.563. The second kappa shape index (κ2) is 5.31. The Labute approximate surface area is 94.9 Å². The van der Waals surface area contributed by atoms with E-state index >= 15 is 0 Å². The fourth-order valence-corrected chi connectivity index (χ4v) is 1.63. The summed E-state index contributed by atoms with van der Waals surface area (Å²) >= 11 is 0. The van der Waals surface area contributed by atoms with Crippen LogP contribution in [0.1, 0.15) is 18.6 Å². The first kappa shape index (κ1) is 10.7. The van der Waals surface area contributed by atoms with Gasteiger partial charge in [-0.25, -0.2) is 0 Å². The largest absolute Gasteiger partial charge is 0.461 e. The molecule has 0 aliphatic carbocycles. The molecule has 0 saturated carbocycles. The van der Waals surface area contributed by atoms with E-state index in [0.29, 0.717) is 6.42 Å². The van der Waals surface area contributed by atoms with Crippen molar-refractivity contribution in [3.05, 3.63) is 48.2 Å². The number of benzene rings is 1. The zero-order valence-electron chi connectivity index (χ0n) is 9.06. The van der Waals surface area contributed by atoms with Crippen LogP contribution >= 0.6 is 0 Å². The third-order valence-corrected chi connectivity index (χ3v) is 2.47. The maximum Gasteiger partial charge on any atom is 0.134 e. The molecule has 0 N–H and O–H groups in total. The van der Waals surface area contributed by atoms with Gasteiger partial charge in [-0.2, -0.15) is 0 Å². The molecule has 2 nitrogen and oxygen atoms in total. The summed E-state index contributed by atoms with van der Waals surface area (Å²) in [6.07, 6.45) is 3.22. The molecule has 82 valence electrons. The Morgan fingerprint density at radius 1 is 1.06 bits per heavy atom. The van der Waals surface area contributed by atoms with E-state index in [0.717, 1.165) is 36.2 Å². The molecule has 0 bridgehead atoms. The lowest BCUT2D eigenvalue weighted by Gasteiger charge is -1.96. The lowest BCUT2D eigenvalue weighted by molar-refractivity contribution is -0.107. The molecule has 0 unspecified atom stereocenters. The van der Waals surface area contributed by atoms with Gasteiger partial charge in [-0.05, 0) is 18.6 Å². The Hall–Kier alpha value is -1.83. The summed E-state index contributed by atoms with van der Waals surface area (Å²) in [6, 6.07) is 14.0. The lowest BCUT2D eigenvalue weighted by atomic mass is 10.2. The molecule has 0 amide bonds. The summed E-state index contributed by atoms with van der Waals surface area (Å²) in [7, 11) is 0. The summed E-state index contributed by atoms with van der Waals surface area (Å²) < 4.78 is 5.70. The first-order chi connectivity index (χ1) is 7.90. The van der Waals surface area contributed by atoms with Crippen LogP contribution in [0.25, 0.3) is 11.3 Å². The van der Waals surface area contributed by atoms with Crippen molar-refractivity contribution < 1.29 is 9.21 Å². The number of rotatable bonds is 5. The molecule has 1 heterocycles. The number of aryl methyl sites for hydroxylation is 1. The predicted molar refractivity (Wildman–Crippen MR) is 63.1 cm³/mol. The highest BCUT2D eigenvalue weighted by atomic mass is 16.3. The predicted octanol–water partition coefficient (Wildman–Crippen LogP) is 3.47. The molecule has 1 aromatic carbocycles. The van der Waals surface area contributed by atoms with Crippen molar-refractivity contribution >= 4 is 6.29 Å². The van der Waals surface area contributed by atoms with Crippen LogP contribution in [-0.2, 0) is 11.2 Å². The number of unbranched alkanes of at least 4 members (excludes halogenated alkanes) is 1. The molecular formula is C14H14O2. The molecule has 0 saturated heterocycles. The van der Waals surface area contributed by atoms with Gasteiger partial charge in [0.25, 0.3) is 0 Å². The zero-order valence-corrected chi connectivity index (χ0v) is 9.06. The van der Waals surface area contributed by atoms with Gasteiger partial charge in [0.15, 0.2) is 0 Å². The summed E-state index contributed by atoms with van der Waals surface area (Å²) in [5, 5.41) is 0. The van der Waals surface area contributed by atoms with E-state index in [1.54, 1.807) is 0 Å². The summed E-state index contributed by atoms with van der Waals surface area (Å²) in [5.41, 5.74) is 1.09. The average Bonchev–Trinajstić information content (AvgIpc) is 2.79. The second-order valence-corrected chi connectivity index (χ2v) is 3.69. The van der Waals surface area contributed by atoms with Crippen molar-refractivity contribution in [2.45, 2.75) is 19.3 Å². The van der Waals surface area contributed by atoms with Crippen LogP contribution in [0.3, 0.4) is 0 Å². The van der Waals surface area contributed by atoms with Crippen molar-refractivity contribution in [3.8, 4) is 11.3 Å². The molecule has 0 radical (unpaired) electrons. The molecule has 2 aromatic rings. The van der Waals surface area contributed by atoms with Crippen molar-refractivity contribution in [1.29, 1.82) is 0 Å². The van der Waals surface area contributed by atoms with Gasteiger partial charge in [0, 0.05) is 18.4 Å². The number of aldehydes is 1. The SMILES string of the molecule is O=CCCCc1ccc(-c2ccccc2)o1. The number of furan rings is 1. The maximum absolute atomic E-state index is 10.2. The highest BCUT2D eigenvalue weighted by Gasteiger charge is 2.03. The first-order valence-electron chi connectivity index (χ1n) is 5.48. The van der Waals surface area contributed by atoms with Crippen molar-refractivity contribution in [3.63, 3.8) is 0 Å². The molecule has 0 aliphatic rings. The van der Waals surface area contributed by atoms with Gasteiger partial charge >= 0.3 is 0 Å². The minimum atomic E-state index is 0.599. The van der Waals surface area contributed by atoms with E-state index in [1.807, 2.05) is 42.5 Å². The minimum absolute atomic E-state index is 0.599. The molecule has 2 heteroatoms. The average molecular weight is 214 g/mol. The van der Waals surface area contributed by atoms with E-state index < -0.39 is 0 Å². The van der Waals surface area contributed by atoms with Gasteiger partial charge in [0.1, 0.15) is 17.8 Å². The Balaban J connectivity index is 2.05. The van der Waals surface area contributed by atoms with E-state index in [2.05, 4.69) is 0 Å². The number of carbonyl (C=O) groups excluding carboxylic acids is 1. The lowest BCUT2D eigenvalue weighted by Crippen LogP contribution is -1.82. The Morgan fingerprint density at radius 2 is 1.88 bits per heavy atom. The standard InChI is InChI=1S/C14H14O2/c15-11-5-4-8-13-9-10-14(16-13)12-6-2-1-3-7-12/h1-3,6-7,9-11H,4-5,8H2. The molecular weight excluding hydrogens is 200 g/mol. The van der Waals surface area contributed by atoms with Crippen LogP contribution in [0.4, 0.5) is 0 Å². The zero-order chi connectivity index (χ0) is 11.2. The van der Waals surface area contributed by atoms with Crippen molar-refractivity contribution in [2.75, 3.05) is 0 Å². The van der Waals surface area contributed by atoms with Crippen molar-refractivity contribution in [1.82, 2.24) is 0 Å². The Bertz CT molecular complexity index is 443. The number of hydrogen-bond donors (Lipinski definition) is 0. The van der Waals surface area contributed by atoms with Crippen LogP contribution in [0, 0.1) is 0 Å². The molecule has 2 rings (SSSR count). The molecule has 1 aromatic heterocycles. The number of carbonyl (C=O) groups is 1. The topological polar surface area (TPSA) is 30.2 Å². The summed E-state index contributed by atoms with van der Waals surface area (Å²) in [4.78, 5) is 10.2. The van der Waals surface area contributed by atoms with Crippen LogP contribution in [0.15, 0.2) is 46.9 Å². The van der Waals surface area contributed by atoms with E-state index in [-0.39, 0.29) is 0 Å². The van der Waals surface area contributed by atoms with Gasteiger partial charge in [-0.3, -0.25) is 0 Å². The molecule has 0 atom stereocenters. The molecule has 0 spiro atoms. The maximum atomic E-state index is 10.2. The van der Waals surface area contributed by atoms with Gasteiger partial charge < -0.3 is 9.21 Å². The van der Waals surface area contributed by atoms with Gasteiger partial charge in [0.2, 0.25) is 0 Å². The van der Waals surface area contributed by atoms with Gasteiger partial charge in [-0.15, -0.1) is 0 Å². The number of hydrogen-bond acceptors (Lipinski definition) is 2. The van der Waals surface area contributed by atoms with Crippen LogP contribution in [0.2, 0.25) is 0 Å². The Kier molecular flexibility index (Phi) is 3.54. The van der Waals surface area contributed by atoms with Crippen LogP contribution < -0.4 is 0 Å². The normalized spacial score (nSPS) is 10.2. The minimum Gasteiger partial charge on any atom is -0.461 e. The van der Waals surface area contributed by atoms with E-state index in [1.165, 1.54) is 0 Å². The molecule has 0 fully saturated rings.